The average Bonchev–Trinajstić information content (AvgIpc) is 3.30. The van der Waals surface area contributed by atoms with Crippen molar-refractivity contribution in [1.29, 1.82) is 0 Å². The van der Waals surface area contributed by atoms with Crippen LogP contribution in [0.25, 0.3) is 11.0 Å². The van der Waals surface area contributed by atoms with E-state index in [9.17, 15) is 9.59 Å². The zero-order chi connectivity index (χ0) is 20.7. The van der Waals surface area contributed by atoms with E-state index >= 15 is 0 Å². The molecule has 1 aromatic heterocycles. The highest BCUT2D eigenvalue weighted by molar-refractivity contribution is 6.02. The highest BCUT2D eigenvalue weighted by Gasteiger charge is 2.38. The third-order valence-corrected chi connectivity index (χ3v) is 5.98. The van der Waals surface area contributed by atoms with E-state index in [-0.39, 0.29) is 17.7 Å². The second kappa shape index (κ2) is 7.48. The van der Waals surface area contributed by atoms with Crippen LogP contribution in [0.15, 0.2) is 65.1 Å². The summed E-state index contributed by atoms with van der Waals surface area (Å²) in [6.07, 6.45) is 2.45. The summed E-state index contributed by atoms with van der Waals surface area (Å²) in [4.78, 5) is 27.1. The predicted molar refractivity (Wildman–Crippen MR) is 114 cm³/mol. The van der Waals surface area contributed by atoms with Gasteiger partial charge < -0.3 is 14.1 Å². The Morgan fingerprint density at radius 1 is 1.13 bits per heavy atom. The van der Waals surface area contributed by atoms with Gasteiger partial charge in [0.15, 0.2) is 5.78 Å². The molecule has 2 aromatic carbocycles. The largest absolute Gasteiger partial charge is 0.493 e. The Hall–Kier alpha value is -3.34. The Kier molecular flexibility index (Phi) is 4.66. The van der Waals surface area contributed by atoms with E-state index in [1.54, 1.807) is 4.90 Å². The van der Waals surface area contributed by atoms with E-state index in [1.165, 1.54) is 0 Å². The predicted octanol–water partition coefficient (Wildman–Crippen LogP) is 4.69. The second-order valence-electron chi connectivity index (χ2n) is 8.01. The van der Waals surface area contributed by atoms with Crippen molar-refractivity contribution in [2.45, 2.75) is 38.3 Å². The number of allylic oxidation sites excluding steroid dienone is 1. The van der Waals surface area contributed by atoms with Crippen molar-refractivity contribution in [3.8, 4) is 5.75 Å². The summed E-state index contributed by atoms with van der Waals surface area (Å²) in [5.74, 6) is 1.57. The summed E-state index contributed by atoms with van der Waals surface area (Å²) in [6.45, 7) is 4.78. The second-order valence-corrected chi connectivity index (χ2v) is 8.01. The first-order valence-corrected chi connectivity index (χ1v) is 10.3. The molecule has 1 atom stereocenters. The Morgan fingerprint density at radius 3 is 2.83 bits per heavy atom. The Labute approximate surface area is 174 Å². The van der Waals surface area contributed by atoms with E-state index < -0.39 is 0 Å². The third-order valence-electron chi connectivity index (χ3n) is 5.98. The summed E-state index contributed by atoms with van der Waals surface area (Å²) >= 11 is 0. The van der Waals surface area contributed by atoms with Crippen LogP contribution in [0.3, 0.4) is 0 Å². The lowest BCUT2D eigenvalue weighted by molar-refractivity contribution is -0.124. The molecule has 1 aliphatic heterocycles. The summed E-state index contributed by atoms with van der Waals surface area (Å²) < 4.78 is 11.9. The SMILES string of the molecule is C=C1CCC(N2Cc3c(OCCc4cc5ccccc5o4)cccc3C2=O)C(=O)C1. The molecule has 0 bridgehead atoms. The van der Waals surface area contributed by atoms with Crippen molar-refractivity contribution >= 4 is 22.7 Å². The Bertz CT molecular complexity index is 1130. The van der Waals surface area contributed by atoms with Gasteiger partial charge in [-0.05, 0) is 37.1 Å². The van der Waals surface area contributed by atoms with Crippen LogP contribution in [0.4, 0.5) is 0 Å². The molecular weight excluding hydrogens is 378 g/mol. The van der Waals surface area contributed by atoms with Crippen molar-refractivity contribution in [2.75, 3.05) is 6.61 Å². The zero-order valence-corrected chi connectivity index (χ0v) is 16.7. The highest BCUT2D eigenvalue weighted by Crippen LogP contribution is 2.35. The van der Waals surface area contributed by atoms with Gasteiger partial charge in [-0.2, -0.15) is 0 Å². The van der Waals surface area contributed by atoms with Crippen LogP contribution in [0.5, 0.6) is 5.75 Å². The first kappa shape index (κ1) is 18.7. The molecule has 1 saturated carbocycles. The van der Waals surface area contributed by atoms with E-state index in [2.05, 4.69) is 6.58 Å². The van der Waals surface area contributed by atoms with Crippen LogP contribution in [0.2, 0.25) is 0 Å². The van der Waals surface area contributed by atoms with Crippen LogP contribution < -0.4 is 4.74 Å². The van der Waals surface area contributed by atoms with Crippen molar-refractivity contribution in [3.63, 3.8) is 0 Å². The monoisotopic (exact) mass is 401 g/mol. The van der Waals surface area contributed by atoms with Crippen LogP contribution in [-0.4, -0.2) is 29.2 Å². The number of hydrogen-bond donors (Lipinski definition) is 0. The molecule has 5 rings (SSSR count). The number of benzene rings is 2. The first-order valence-electron chi connectivity index (χ1n) is 10.3. The van der Waals surface area contributed by atoms with Gasteiger partial charge in [-0.25, -0.2) is 0 Å². The fraction of sp³-hybridized carbons (Fsp3) is 0.280. The number of carbonyl (C=O) groups excluding carboxylic acids is 2. The smallest absolute Gasteiger partial charge is 0.255 e. The lowest BCUT2D eigenvalue weighted by Crippen LogP contribution is -2.43. The lowest BCUT2D eigenvalue weighted by Gasteiger charge is -2.30. The molecule has 0 spiro atoms. The molecule has 30 heavy (non-hydrogen) atoms. The minimum Gasteiger partial charge on any atom is -0.493 e. The maximum absolute atomic E-state index is 13.0. The number of amides is 1. The van der Waals surface area contributed by atoms with Crippen molar-refractivity contribution in [2.24, 2.45) is 0 Å². The zero-order valence-electron chi connectivity index (χ0n) is 16.7. The maximum atomic E-state index is 13.0. The van der Waals surface area contributed by atoms with Crippen LogP contribution in [-0.2, 0) is 17.8 Å². The Balaban J connectivity index is 1.29. The molecule has 2 heterocycles. The van der Waals surface area contributed by atoms with Crippen molar-refractivity contribution in [1.82, 2.24) is 4.90 Å². The lowest BCUT2D eigenvalue weighted by atomic mass is 9.90. The highest BCUT2D eigenvalue weighted by atomic mass is 16.5. The normalized spacial score (nSPS) is 18.9. The molecule has 1 aliphatic carbocycles. The maximum Gasteiger partial charge on any atom is 0.255 e. The topological polar surface area (TPSA) is 59.8 Å². The number of rotatable bonds is 5. The summed E-state index contributed by atoms with van der Waals surface area (Å²) in [7, 11) is 0. The number of para-hydroxylation sites is 1. The van der Waals surface area contributed by atoms with Crippen LogP contribution in [0.1, 0.15) is 40.9 Å². The average molecular weight is 401 g/mol. The molecule has 1 unspecified atom stereocenters. The number of fused-ring (bicyclic) bond motifs is 2. The minimum atomic E-state index is -0.362. The molecule has 152 valence electrons. The summed E-state index contributed by atoms with van der Waals surface area (Å²) in [5, 5.41) is 1.08. The fourth-order valence-electron chi connectivity index (χ4n) is 4.42. The fourth-order valence-corrected chi connectivity index (χ4v) is 4.42. The molecule has 0 radical (unpaired) electrons. The number of ether oxygens (including phenoxy) is 1. The number of furan rings is 1. The van der Waals surface area contributed by atoms with Gasteiger partial charge in [0, 0.05) is 29.4 Å². The van der Waals surface area contributed by atoms with Gasteiger partial charge in [-0.1, -0.05) is 36.4 Å². The van der Waals surface area contributed by atoms with Gasteiger partial charge in [0.25, 0.3) is 5.91 Å². The van der Waals surface area contributed by atoms with Gasteiger partial charge >= 0.3 is 0 Å². The van der Waals surface area contributed by atoms with E-state index in [0.717, 1.165) is 34.3 Å². The van der Waals surface area contributed by atoms with E-state index in [4.69, 9.17) is 9.15 Å². The third kappa shape index (κ3) is 3.30. The quantitative estimate of drug-likeness (QED) is 0.582. The molecule has 1 fully saturated rings. The molecule has 1 amide bonds. The molecular formula is C25H23NO4. The van der Waals surface area contributed by atoms with Crippen LogP contribution in [0, 0.1) is 0 Å². The molecule has 5 heteroatoms. The van der Waals surface area contributed by atoms with E-state index in [0.29, 0.717) is 43.7 Å². The summed E-state index contributed by atoms with van der Waals surface area (Å²) in [6, 6.07) is 15.1. The minimum absolute atomic E-state index is 0.0831. The molecule has 0 N–H and O–H groups in total. The standard InChI is InChI=1S/C25H23NO4/c1-16-9-10-21(22(27)13-16)26-15-20-19(25(26)28)6-4-8-24(20)29-12-11-18-14-17-5-2-3-7-23(17)30-18/h2-8,14,21H,1,9-13,15H2. The van der Waals surface area contributed by atoms with Gasteiger partial charge in [0.1, 0.15) is 17.1 Å². The van der Waals surface area contributed by atoms with Gasteiger partial charge in [-0.3, -0.25) is 9.59 Å². The molecule has 5 nitrogen and oxygen atoms in total. The first-order chi connectivity index (χ1) is 14.6. The van der Waals surface area contributed by atoms with E-state index in [1.807, 2.05) is 48.5 Å². The summed E-state index contributed by atoms with van der Waals surface area (Å²) in [5.41, 5.74) is 3.32. The number of nitrogens with zero attached hydrogens (tertiary/aromatic N) is 1. The Morgan fingerprint density at radius 2 is 2.00 bits per heavy atom. The number of Topliss-reactive ketones (excluding diaryl/α,β-unsaturated/α-hetero) is 1. The molecule has 2 aliphatic rings. The van der Waals surface area contributed by atoms with Crippen molar-refractivity contribution < 1.29 is 18.7 Å². The number of ketones is 1. The number of hydrogen-bond acceptors (Lipinski definition) is 4. The van der Waals surface area contributed by atoms with Gasteiger partial charge in [-0.15, -0.1) is 0 Å². The van der Waals surface area contributed by atoms with Gasteiger partial charge in [0.05, 0.1) is 19.2 Å². The van der Waals surface area contributed by atoms with Crippen molar-refractivity contribution in [3.05, 3.63) is 77.6 Å². The number of carbonyl (C=O) groups is 2. The molecule has 0 saturated heterocycles. The van der Waals surface area contributed by atoms with Gasteiger partial charge in [0.2, 0.25) is 0 Å². The molecule has 3 aromatic rings. The van der Waals surface area contributed by atoms with Crippen LogP contribution >= 0.6 is 0 Å².